The van der Waals surface area contributed by atoms with Gasteiger partial charge in [0.15, 0.2) is 0 Å². The number of nitrogens with zero attached hydrogens (tertiary/aromatic N) is 2. The molecule has 2 N–H and O–H groups in total. The summed E-state index contributed by atoms with van der Waals surface area (Å²) < 4.78 is 0. The summed E-state index contributed by atoms with van der Waals surface area (Å²) in [6.07, 6.45) is 3.91. The number of carbonyl (C=O) groups is 2. The summed E-state index contributed by atoms with van der Waals surface area (Å²) in [5, 5.41) is 11.1. The number of hydrogen-bond donors (Lipinski definition) is 2. The fourth-order valence-electron chi connectivity index (χ4n) is 3.02. The summed E-state index contributed by atoms with van der Waals surface area (Å²) in [6.45, 7) is 1.16. The van der Waals surface area contributed by atoms with E-state index < -0.39 is 0 Å². The van der Waals surface area contributed by atoms with Crippen LogP contribution in [-0.4, -0.2) is 46.5 Å². The first-order chi connectivity index (χ1) is 12.7. The van der Waals surface area contributed by atoms with Crippen molar-refractivity contribution in [2.45, 2.75) is 0 Å². The van der Waals surface area contributed by atoms with Gasteiger partial charge in [0.05, 0.1) is 17.8 Å². The summed E-state index contributed by atoms with van der Waals surface area (Å²) in [5.74, 6) is -0.232. The Morgan fingerprint density at radius 2 is 1.88 bits per heavy atom. The quantitative estimate of drug-likeness (QED) is 0.764. The highest BCUT2D eigenvalue weighted by atomic mass is 16.2. The first-order valence-corrected chi connectivity index (χ1v) is 8.48. The number of para-hydroxylation sites is 1. The Hall–Kier alpha value is -3.41. The summed E-state index contributed by atoms with van der Waals surface area (Å²) >= 11 is 0. The van der Waals surface area contributed by atoms with E-state index in [0.717, 1.165) is 22.2 Å². The number of benzene rings is 2. The number of nitrogens with one attached hydrogen (secondary N) is 2. The molecule has 1 aliphatic heterocycles. The van der Waals surface area contributed by atoms with E-state index in [1.165, 1.54) is 0 Å². The van der Waals surface area contributed by atoms with Crippen LogP contribution in [0.1, 0.15) is 21.6 Å². The van der Waals surface area contributed by atoms with Crippen molar-refractivity contribution >= 4 is 34.9 Å². The van der Waals surface area contributed by atoms with Gasteiger partial charge in [-0.3, -0.25) is 14.7 Å². The average Bonchev–Trinajstić information content (AvgIpc) is 3.09. The lowest BCUT2D eigenvalue weighted by molar-refractivity contribution is -0.123. The molecule has 0 bridgehead atoms. The fraction of sp³-hybridized carbons (Fsp3) is 0.150. The monoisotopic (exact) mass is 346 g/mol. The molecule has 1 aliphatic rings. The molecule has 3 aromatic rings. The van der Waals surface area contributed by atoms with Crippen molar-refractivity contribution in [3.63, 3.8) is 0 Å². The maximum absolute atomic E-state index is 12.5. The van der Waals surface area contributed by atoms with E-state index in [1.807, 2.05) is 48.6 Å². The van der Waals surface area contributed by atoms with Crippen molar-refractivity contribution in [2.75, 3.05) is 19.6 Å². The van der Waals surface area contributed by atoms with Crippen molar-refractivity contribution < 1.29 is 9.59 Å². The Bertz CT molecular complexity index is 988. The van der Waals surface area contributed by atoms with Gasteiger partial charge in [0.1, 0.15) is 0 Å². The van der Waals surface area contributed by atoms with E-state index in [-0.39, 0.29) is 18.4 Å². The zero-order valence-corrected chi connectivity index (χ0v) is 14.1. The second kappa shape index (κ2) is 6.84. The molecule has 2 aromatic carbocycles. The Balaban J connectivity index is 1.49. The standard InChI is InChI=1S/C20H18N4O2/c25-19-13-24(12-11-21-19)20(26)15-8-5-14(6-9-15)7-10-18-16-3-1-2-4-17(16)22-23-18/h1-10H,11-13H2,(H,21,25)(H,22,23)/b10-7+. The highest BCUT2D eigenvalue weighted by molar-refractivity contribution is 5.97. The van der Waals surface area contributed by atoms with E-state index in [4.69, 9.17) is 0 Å². The lowest BCUT2D eigenvalue weighted by Gasteiger charge is -2.26. The molecular formula is C20H18N4O2. The molecule has 1 fully saturated rings. The van der Waals surface area contributed by atoms with Crippen LogP contribution in [0.5, 0.6) is 0 Å². The van der Waals surface area contributed by atoms with Gasteiger partial charge in [-0.25, -0.2) is 0 Å². The summed E-state index contributed by atoms with van der Waals surface area (Å²) in [4.78, 5) is 25.5. The average molecular weight is 346 g/mol. The maximum atomic E-state index is 12.5. The zero-order chi connectivity index (χ0) is 17.9. The van der Waals surface area contributed by atoms with Gasteiger partial charge < -0.3 is 10.2 Å². The van der Waals surface area contributed by atoms with Crippen LogP contribution in [0.3, 0.4) is 0 Å². The predicted molar refractivity (Wildman–Crippen MR) is 100 cm³/mol. The molecular weight excluding hydrogens is 328 g/mol. The van der Waals surface area contributed by atoms with Gasteiger partial charge in [-0.2, -0.15) is 5.10 Å². The van der Waals surface area contributed by atoms with E-state index in [2.05, 4.69) is 15.5 Å². The minimum absolute atomic E-state index is 0.115. The second-order valence-corrected chi connectivity index (χ2v) is 6.19. The Morgan fingerprint density at radius 3 is 2.69 bits per heavy atom. The van der Waals surface area contributed by atoms with Crippen LogP contribution in [0.4, 0.5) is 0 Å². The number of carbonyl (C=O) groups excluding carboxylic acids is 2. The molecule has 0 atom stereocenters. The molecule has 26 heavy (non-hydrogen) atoms. The third kappa shape index (κ3) is 3.21. The van der Waals surface area contributed by atoms with E-state index in [1.54, 1.807) is 17.0 Å². The number of aromatic nitrogens is 2. The Kier molecular flexibility index (Phi) is 4.23. The first-order valence-electron chi connectivity index (χ1n) is 8.48. The third-order valence-electron chi connectivity index (χ3n) is 4.42. The van der Waals surface area contributed by atoms with Crippen molar-refractivity contribution in [1.82, 2.24) is 20.4 Å². The lowest BCUT2D eigenvalue weighted by atomic mass is 10.1. The number of piperazine rings is 1. The molecule has 0 unspecified atom stereocenters. The van der Waals surface area contributed by atoms with Gasteiger partial charge >= 0.3 is 0 Å². The second-order valence-electron chi connectivity index (χ2n) is 6.19. The Morgan fingerprint density at radius 1 is 1.08 bits per heavy atom. The molecule has 130 valence electrons. The summed E-state index contributed by atoms with van der Waals surface area (Å²) in [7, 11) is 0. The smallest absolute Gasteiger partial charge is 0.254 e. The van der Waals surface area contributed by atoms with Crippen LogP contribution in [0.25, 0.3) is 23.1 Å². The number of amides is 2. The van der Waals surface area contributed by atoms with Gasteiger partial charge in [0, 0.05) is 24.0 Å². The van der Waals surface area contributed by atoms with Gasteiger partial charge in [-0.05, 0) is 29.8 Å². The topological polar surface area (TPSA) is 78.1 Å². The van der Waals surface area contributed by atoms with E-state index in [0.29, 0.717) is 18.7 Å². The summed E-state index contributed by atoms with van der Waals surface area (Å²) in [6, 6.07) is 15.3. The molecule has 1 aromatic heterocycles. The minimum Gasteiger partial charge on any atom is -0.353 e. The van der Waals surface area contributed by atoms with Crippen LogP contribution in [0.15, 0.2) is 48.5 Å². The molecule has 0 saturated carbocycles. The SMILES string of the molecule is O=C1CN(C(=O)c2ccc(/C=C/c3n[nH]c4ccccc34)cc2)CCN1. The highest BCUT2D eigenvalue weighted by Crippen LogP contribution is 2.18. The van der Waals surface area contributed by atoms with Crippen LogP contribution in [0, 0.1) is 0 Å². The highest BCUT2D eigenvalue weighted by Gasteiger charge is 2.21. The van der Waals surface area contributed by atoms with Gasteiger partial charge in [0.2, 0.25) is 5.91 Å². The fourth-order valence-corrected chi connectivity index (χ4v) is 3.02. The predicted octanol–water partition coefficient (Wildman–Crippen LogP) is 2.31. The number of H-pyrrole nitrogens is 1. The molecule has 1 saturated heterocycles. The van der Waals surface area contributed by atoms with E-state index >= 15 is 0 Å². The van der Waals surface area contributed by atoms with Crippen LogP contribution in [0.2, 0.25) is 0 Å². The summed E-state index contributed by atoms with van der Waals surface area (Å²) in [5.41, 5.74) is 3.44. The van der Waals surface area contributed by atoms with Crippen molar-refractivity contribution in [3.05, 3.63) is 65.4 Å². The molecule has 2 amide bonds. The van der Waals surface area contributed by atoms with Gasteiger partial charge in [-0.1, -0.05) is 36.4 Å². The molecule has 6 nitrogen and oxygen atoms in total. The maximum Gasteiger partial charge on any atom is 0.254 e. The Labute approximate surface area is 150 Å². The lowest BCUT2D eigenvalue weighted by Crippen LogP contribution is -2.49. The molecule has 6 heteroatoms. The van der Waals surface area contributed by atoms with Crippen LogP contribution < -0.4 is 5.32 Å². The number of fused-ring (bicyclic) bond motifs is 1. The molecule has 0 aliphatic carbocycles. The van der Waals surface area contributed by atoms with Crippen LogP contribution in [-0.2, 0) is 4.79 Å². The third-order valence-corrected chi connectivity index (χ3v) is 4.42. The van der Waals surface area contributed by atoms with E-state index in [9.17, 15) is 9.59 Å². The van der Waals surface area contributed by atoms with Crippen LogP contribution >= 0.6 is 0 Å². The number of rotatable bonds is 3. The van der Waals surface area contributed by atoms with Gasteiger partial charge in [-0.15, -0.1) is 0 Å². The molecule has 2 heterocycles. The van der Waals surface area contributed by atoms with Crippen molar-refractivity contribution in [2.24, 2.45) is 0 Å². The first kappa shape index (κ1) is 16.1. The molecule has 0 spiro atoms. The number of aromatic amines is 1. The van der Waals surface area contributed by atoms with Crippen molar-refractivity contribution in [3.8, 4) is 0 Å². The zero-order valence-electron chi connectivity index (χ0n) is 14.1. The number of hydrogen-bond acceptors (Lipinski definition) is 3. The normalized spacial score (nSPS) is 14.8. The molecule has 4 rings (SSSR count). The minimum atomic E-state index is -0.117. The van der Waals surface area contributed by atoms with Crippen molar-refractivity contribution in [1.29, 1.82) is 0 Å². The van der Waals surface area contributed by atoms with Gasteiger partial charge in [0.25, 0.3) is 5.91 Å². The molecule has 0 radical (unpaired) electrons. The largest absolute Gasteiger partial charge is 0.353 e.